The van der Waals surface area contributed by atoms with Crippen LogP contribution in [0.2, 0.25) is 0 Å². The molecule has 2 rings (SSSR count). The van der Waals surface area contributed by atoms with Gasteiger partial charge >= 0.3 is 5.97 Å². The van der Waals surface area contributed by atoms with E-state index in [0.717, 1.165) is 16.8 Å². The summed E-state index contributed by atoms with van der Waals surface area (Å²) in [7, 11) is 1.85. The van der Waals surface area contributed by atoms with E-state index in [-0.39, 0.29) is 0 Å². The molecule has 0 saturated heterocycles. The Bertz CT molecular complexity index is 563. The molecule has 0 aliphatic heterocycles. The lowest BCUT2D eigenvalue weighted by Crippen LogP contribution is -2.28. The first-order valence-corrected chi connectivity index (χ1v) is 6.08. The third-order valence-electron chi connectivity index (χ3n) is 2.99. The first-order chi connectivity index (χ1) is 9.08. The predicted octanol–water partition coefficient (Wildman–Crippen LogP) is 1.64. The minimum absolute atomic E-state index is 0.478. The molecule has 0 spiro atoms. The van der Waals surface area contributed by atoms with Gasteiger partial charge in [0.25, 0.3) is 0 Å². The Balaban J connectivity index is 2.10. The normalized spacial score (nSPS) is 12.3. The standard InChI is InChI=1S/C14H17N3O2/c1-10-12(9-17(2)16-10)8-15-13(14(18)19)11-6-4-3-5-7-11/h3-7,9,13,15H,8H2,1-2H3,(H,18,19)/t13-/m1/s1. The molecule has 0 radical (unpaired) electrons. The van der Waals surface area contributed by atoms with Crippen LogP contribution in [0.1, 0.15) is 22.9 Å². The zero-order chi connectivity index (χ0) is 13.8. The fraction of sp³-hybridized carbons (Fsp3) is 0.286. The van der Waals surface area contributed by atoms with Crippen molar-refractivity contribution in [2.45, 2.75) is 19.5 Å². The van der Waals surface area contributed by atoms with Crippen molar-refractivity contribution >= 4 is 5.97 Å². The minimum Gasteiger partial charge on any atom is -0.480 e. The molecule has 1 heterocycles. The minimum atomic E-state index is -0.882. The second-order valence-corrected chi connectivity index (χ2v) is 4.48. The summed E-state index contributed by atoms with van der Waals surface area (Å²) in [4.78, 5) is 11.3. The molecular weight excluding hydrogens is 242 g/mol. The van der Waals surface area contributed by atoms with Crippen molar-refractivity contribution in [3.8, 4) is 0 Å². The number of aliphatic carboxylic acids is 1. The summed E-state index contributed by atoms with van der Waals surface area (Å²) < 4.78 is 1.73. The van der Waals surface area contributed by atoms with Gasteiger partial charge in [0, 0.05) is 25.4 Å². The number of nitrogens with zero attached hydrogens (tertiary/aromatic N) is 2. The van der Waals surface area contributed by atoms with Crippen LogP contribution >= 0.6 is 0 Å². The molecular formula is C14H17N3O2. The second kappa shape index (κ2) is 5.67. The lowest BCUT2D eigenvalue weighted by Gasteiger charge is -2.14. The fourth-order valence-electron chi connectivity index (χ4n) is 2.03. The predicted molar refractivity (Wildman–Crippen MR) is 71.6 cm³/mol. The number of carboxylic acids is 1. The van der Waals surface area contributed by atoms with E-state index in [1.165, 1.54) is 0 Å². The fourth-order valence-corrected chi connectivity index (χ4v) is 2.03. The molecule has 5 nitrogen and oxygen atoms in total. The zero-order valence-corrected chi connectivity index (χ0v) is 11.0. The van der Waals surface area contributed by atoms with Gasteiger partial charge in [-0.15, -0.1) is 0 Å². The zero-order valence-electron chi connectivity index (χ0n) is 11.0. The van der Waals surface area contributed by atoms with Gasteiger partial charge in [-0.2, -0.15) is 5.10 Å². The molecule has 1 aromatic carbocycles. The van der Waals surface area contributed by atoms with Crippen LogP contribution in [0.25, 0.3) is 0 Å². The maximum absolute atomic E-state index is 11.3. The van der Waals surface area contributed by atoms with E-state index in [0.29, 0.717) is 6.54 Å². The summed E-state index contributed by atoms with van der Waals surface area (Å²) in [5.74, 6) is -0.882. The van der Waals surface area contributed by atoms with E-state index < -0.39 is 12.0 Å². The van der Waals surface area contributed by atoms with E-state index in [1.54, 1.807) is 4.68 Å². The van der Waals surface area contributed by atoms with E-state index >= 15 is 0 Å². The van der Waals surface area contributed by atoms with Crippen LogP contribution in [0.4, 0.5) is 0 Å². The molecule has 0 unspecified atom stereocenters. The lowest BCUT2D eigenvalue weighted by atomic mass is 10.1. The first-order valence-electron chi connectivity index (χ1n) is 6.08. The molecule has 0 aliphatic carbocycles. The van der Waals surface area contributed by atoms with Crippen LogP contribution in [0, 0.1) is 6.92 Å². The summed E-state index contributed by atoms with van der Waals surface area (Å²) in [5.41, 5.74) is 2.66. The van der Waals surface area contributed by atoms with Crippen LogP contribution in [0.15, 0.2) is 36.5 Å². The maximum atomic E-state index is 11.3. The molecule has 19 heavy (non-hydrogen) atoms. The Kier molecular flexibility index (Phi) is 3.97. The highest BCUT2D eigenvalue weighted by Crippen LogP contribution is 2.14. The highest BCUT2D eigenvalue weighted by Gasteiger charge is 2.19. The van der Waals surface area contributed by atoms with E-state index in [9.17, 15) is 9.90 Å². The number of aryl methyl sites for hydroxylation is 2. The van der Waals surface area contributed by atoms with Crippen LogP contribution in [-0.4, -0.2) is 20.9 Å². The van der Waals surface area contributed by atoms with Crippen LogP contribution in [0.5, 0.6) is 0 Å². The third-order valence-corrected chi connectivity index (χ3v) is 2.99. The summed E-state index contributed by atoms with van der Waals surface area (Å²) in [6, 6.07) is 8.45. The van der Waals surface area contributed by atoms with Gasteiger partial charge in [0.05, 0.1) is 5.69 Å². The van der Waals surface area contributed by atoms with Crippen molar-refractivity contribution in [3.05, 3.63) is 53.3 Å². The Hall–Kier alpha value is -2.14. The number of carboxylic acid groups (broad SMARTS) is 1. The van der Waals surface area contributed by atoms with Crippen molar-refractivity contribution < 1.29 is 9.90 Å². The largest absolute Gasteiger partial charge is 0.480 e. The molecule has 0 amide bonds. The van der Waals surface area contributed by atoms with E-state index in [2.05, 4.69) is 10.4 Å². The Morgan fingerprint density at radius 2 is 2.11 bits per heavy atom. The molecule has 1 atom stereocenters. The van der Waals surface area contributed by atoms with Crippen LogP contribution in [0.3, 0.4) is 0 Å². The molecule has 0 saturated carbocycles. The van der Waals surface area contributed by atoms with Crippen molar-refractivity contribution in [1.82, 2.24) is 15.1 Å². The van der Waals surface area contributed by atoms with E-state index in [1.807, 2.05) is 50.5 Å². The second-order valence-electron chi connectivity index (χ2n) is 4.48. The number of hydrogen-bond acceptors (Lipinski definition) is 3. The molecule has 0 bridgehead atoms. The molecule has 0 aliphatic rings. The van der Waals surface area contributed by atoms with Crippen LogP contribution < -0.4 is 5.32 Å². The highest BCUT2D eigenvalue weighted by atomic mass is 16.4. The first kappa shape index (κ1) is 13.3. The number of rotatable bonds is 5. The Morgan fingerprint density at radius 3 is 2.63 bits per heavy atom. The topological polar surface area (TPSA) is 67.2 Å². The number of carbonyl (C=O) groups is 1. The summed E-state index contributed by atoms with van der Waals surface area (Å²) in [5, 5.41) is 16.6. The third kappa shape index (κ3) is 3.20. The van der Waals surface area contributed by atoms with Gasteiger partial charge in [-0.05, 0) is 12.5 Å². The molecule has 2 aromatic rings. The number of benzene rings is 1. The highest BCUT2D eigenvalue weighted by molar-refractivity contribution is 5.75. The van der Waals surface area contributed by atoms with Gasteiger partial charge in [-0.3, -0.25) is 14.8 Å². The van der Waals surface area contributed by atoms with E-state index in [4.69, 9.17) is 0 Å². The SMILES string of the molecule is Cc1nn(C)cc1CN[C@@H](C(=O)O)c1ccccc1. The van der Waals surface area contributed by atoms with Crippen molar-refractivity contribution in [2.24, 2.45) is 7.05 Å². The molecule has 100 valence electrons. The van der Waals surface area contributed by atoms with Crippen molar-refractivity contribution in [2.75, 3.05) is 0 Å². The van der Waals surface area contributed by atoms with Crippen molar-refractivity contribution in [1.29, 1.82) is 0 Å². The molecule has 5 heteroatoms. The van der Waals surface area contributed by atoms with Gasteiger partial charge in [-0.25, -0.2) is 0 Å². The quantitative estimate of drug-likeness (QED) is 0.856. The Labute approximate surface area is 111 Å². The summed E-state index contributed by atoms with van der Waals surface area (Å²) in [6.45, 7) is 2.39. The maximum Gasteiger partial charge on any atom is 0.325 e. The van der Waals surface area contributed by atoms with Crippen LogP contribution in [-0.2, 0) is 18.4 Å². The number of hydrogen-bond donors (Lipinski definition) is 2. The number of aromatic nitrogens is 2. The molecule has 1 aromatic heterocycles. The summed E-state index contributed by atoms with van der Waals surface area (Å²) >= 11 is 0. The van der Waals surface area contributed by atoms with Gasteiger partial charge in [0.15, 0.2) is 0 Å². The monoisotopic (exact) mass is 259 g/mol. The Morgan fingerprint density at radius 1 is 1.42 bits per heavy atom. The van der Waals surface area contributed by atoms with Crippen molar-refractivity contribution in [3.63, 3.8) is 0 Å². The average molecular weight is 259 g/mol. The summed E-state index contributed by atoms with van der Waals surface area (Å²) in [6.07, 6.45) is 1.90. The van der Waals surface area contributed by atoms with Gasteiger partial charge in [0.2, 0.25) is 0 Å². The molecule has 0 fully saturated rings. The average Bonchev–Trinajstić information content (AvgIpc) is 2.69. The smallest absolute Gasteiger partial charge is 0.325 e. The number of nitrogens with one attached hydrogen (secondary N) is 1. The van der Waals surface area contributed by atoms with Gasteiger partial charge < -0.3 is 5.11 Å². The lowest BCUT2D eigenvalue weighted by molar-refractivity contribution is -0.139. The molecule has 2 N–H and O–H groups in total. The van der Waals surface area contributed by atoms with Gasteiger partial charge in [0.1, 0.15) is 6.04 Å². The van der Waals surface area contributed by atoms with Gasteiger partial charge in [-0.1, -0.05) is 30.3 Å².